The highest BCUT2D eigenvalue weighted by molar-refractivity contribution is 6.30. The third kappa shape index (κ3) is 5.10. The molecule has 2 N–H and O–H groups in total. The van der Waals surface area contributed by atoms with E-state index in [1.165, 1.54) is 0 Å². The number of aryl methyl sites for hydroxylation is 1. The molecule has 0 spiro atoms. The first kappa shape index (κ1) is 21.6. The van der Waals surface area contributed by atoms with Gasteiger partial charge >= 0.3 is 0 Å². The normalized spacial score (nSPS) is 18.6. The number of hydrogen-bond donors (Lipinski definition) is 2. The molecule has 2 heterocycles. The quantitative estimate of drug-likeness (QED) is 0.759. The van der Waals surface area contributed by atoms with Gasteiger partial charge in [-0.2, -0.15) is 0 Å². The summed E-state index contributed by atoms with van der Waals surface area (Å²) in [5.74, 6) is 0.206. The Morgan fingerprint density at radius 2 is 1.97 bits per heavy atom. The second-order valence-electron chi connectivity index (χ2n) is 7.48. The summed E-state index contributed by atoms with van der Waals surface area (Å²) in [5, 5.41) is 7.01. The minimum atomic E-state index is 0. The third-order valence-electron chi connectivity index (χ3n) is 5.47. The Labute approximate surface area is 182 Å². The van der Waals surface area contributed by atoms with Crippen molar-refractivity contribution in [3.05, 3.63) is 58.6 Å². The van der Waals surface area contributed by atoms with Crippen LogP contribution in [0.2, 0.25) is 5.02 Å². The fourth-order valence-electron chi connectivity index (χ4n) is 3.90. The van der Waals surface area contributed by atoms with Crippen molar-refractivity contribution in [2.45, 2.75) is 32.2 Å². The van der Waals surface area contributed by atoms with E-state index in [0.29, 0.717) is 24.4 Å². The molecule has 154 valence electrons. The molecule has 7 heteroatoms. The van der Waals surface area contributed by atoms with Gasteiger partial charge in [-0.1, -0.05) is 23.7 Å². The summed E-state index contributed by atoms with van der Waals surface area (Å²) in [7, 11) is 0. The maximum atomic E-state index is 12.5. The Morgan fingerprint density at radius 1 is 1.17 bits per heavy atom. The lowest BCUT2D eigenvalue weighted by Crippen LogP contribution is -2.37. The van der Waals surface area contributed by atoms with Crippen LogP contribution in [0.15, 0.2) is 42.5 Å². The number of halogens is 2. The van der Waals surface area contributed by atoms with E-state index in [4.69, 9.17) is 11.6 Å². The summed E-state index contributed by atoms with van der Waals surface area (Å²) in [4.78, 5) is 26.8. The van der Waals surface area contributed by atoms with Crippen molar-refractivity contribution in [3.8, 4) is 0 Å². The number of nitrogens with one attached hydrogen (secondary N) is 2. The first-order chi connectivity index (χ1) is 13.6. The number of hydrogen-bond acceptors (Lipinski definition) is 3. The van der Waals surface area contributed by atoms with Gasteiger partial charge in [0.1, 0.15) is 0 Å². The summed E-state index contributed by atoms with van der Waals surface area (Å²) in [6.45, 7) is 2.24. The van der Waals surface area contributed by atoms with E-state index in [9.17, 15) is 9.59 Å². The van der Waals surface area contributed by atoms with Gasteiger partial charge < -0.3 is 15.5 Å². The van der Waals surface area contributed by atoms with E-state index in [2.05, 4.69) is 10.6 Å². The average molecular weight is 434 g/mol. The SMILES string of the molecule is Cl.O=C(Nc1ccc2c(c1)CCC(=O)N2Cc1ccc(Cl)cc1)C1CCCNC1. The van der Waals surface area contributed by atoms with Gasteiger partial charge in [0.2, 0.25) is 11.8 Å². The Bertz CT molecular complexity index is 880. The number of amides is 2. The largest absolute Gasteiger partial charge is 0.326 e. The molecule has 0 bridgehead atoms. The Hall–Kier alpha value is -2.08. The Kier molecular flexibility index (Phi) is 7.17. The summed E-state index contributed by atoms with van der Waals surface area (Å²) >= 11 is 5.96. The van der Waals surface area contributed by atoms with E-state index in [1.54, 1.807) is 0 Å². The molecule has 2 aliphatic rings. The lowest BCUT2D eigenvalue weighted by molar-refractivity contribution is -0.120. The number of fused-ring (bicyclic) bond motifs is 1. The lowest BCUT2D eigenvalue weighted by atomic mass is 9.97. The van der Waals surface area contributed by atoms with Crippen molar-refractivity contribution in [2.75, 3.05) is 23.3 Å². The molecule has 0 saturated carbocycles. The first-order valence-corrected chi connectivity index (χ1v) is 10.2. The van der Waals surface area contributed by atoms with E-state index >= 15 is 0 Å². The molecule has 0 aromatic heterocycles. The molecular weight excluding hydrogens is 409 g/mol. The van der Waals surface area contributed by atoms with Crippen molar-refractivity contribution >= 4 is 47.2 Å². The Morgan fingerprint density at radius 3 is 2.69 bits per heavy atom. The molecule has 1 fully saturated rings. The summed E-state index contributed by atoms with van der Waals surface area (Å²) in [6, 6.07) is 13.4. The summed E-state index contributed by atoms with van der Waals surface area (Å²) < 4.78 is 0. The predicted molar refractivity (Wildman–Crippen MR) is 119 cm³/mol. The van der Waals surface area contributed by atoms with Crippen LogP contribution in [-0.2, 0) is 22.6 Å². The molecule has 0 aliphatic carbocycles. The van der Waals surface area contributed by atoms with Crippen molar-refractivity contribution in [1.29, 1.82) is 0 Å². The monoisotopic (exact) mass is 433 g/mol. The maximum Gasteiger partial charge on any atom is 0.228 e. The molecular formula is C22H25Cl2N3O2. The minimum Gasteiger partial charge on any atom is -0.326 e. The second-order valence-corrected chi connectivity index (χ2v) is 7.92. The maximum absolute atomic E-state index is 12.5. The van der Waals surface area contributed by atoms with Gasteiger partial charge in [-0.15, -0.1) is 12.4 Å². The van der Waals surface area contributed by atoms with Gasteiger partial charge in [0.25, 0.3) is 0 Å². The van der Waals surface area contributed by atoms with Crippen LogP contribution in [0.5, 0.6) is 0 Å². The topological polar surface area (TPSA) is 61.4 Å². The van der Waals surface area contributed by atoms with Gasteiger partial charge in [0.15, 0.2) is 0 Å². The smallest absolute Gasteiger partial charge is 0.228 e. The number of anilines is 2. The average Bonchev–Trinajstić information content (AvgIpc) is 2.72. The highest BCUT2D eigenvalue weighted by atomic mass is 35.5. The van der Waals surface area contributed by atoms with E-state index < -0.39 is 0 Å². The van der Waals surface area contributed by atoms with E-state index in [0.717, 1.165) is 48.4 Å². The molecule has 1 unspecified atom stereocenters. The number of carbonyl (C=O) groups excluding carboxylic acids is 2. The molecule has 5 nitrogen and oxygen atoms in total. The van der Waals surface area contributed by atoms with Crippen LogP contribution >= 0.6 is 24.0 Å². The first-order valence-electron chi connectivity index (χ1n) is 9.79. The van der Waals surface area contributed by atoms with Crippen molar-refractivity contribution in [2.24, 2.45) is 5.92 Å². The second kappa shape index (κ2) is 9.61. The molecule has 2 aliphatic heterocycles. The van der Waals surface area contributed by atoms with Gasteiger partial charge in [0.05, 0.1) is 12.5 Å². The molecule has 4 rings (SSSR count). The van der Waals surface area contributed by atoms with Crippen LogP contribution in [0.25, 0.3) is 0 Å². The number of nitrogens with zero attached hydrogens (tertiary/aromatic N) is 1. The Balaban J connectivity index is 0.00000240. The van der Waals surface area contributed by atoms with Gasteiger partial charge in [-0.05, 0) is 67.3 Å². The molecule has 29 heavy (non-hydrogen) atoms. The number of piperidine rings is 1. The van der Waals surface area contributed by atoms with Gasteiger partial charge in [-0.3, -0.25) is 9.59 Å². The molecule has 1 saturated heterocycles. The summed E-state index contributed by atoms with van der Waals surface area (Å²) in [6.07, 6.45) is 3.13. The number of carbonyl (C=O) groups is 2. The standard InChI is InChI=1S/C22H24ClN3O2.ClH/c23-18-6-3-15(4-7-18)14-26-20-9-8-19(12-16(20)5-10-21(26)27)25-22(28)17-2-1-11-24-13-17;/h3-4,6-9,12,17,24H,1-2,5,10-11,13-14H2,(H,25,28);1H. The van der Waals surface area contributed by atoms with E-state index in [1.807, 2.05) is 47.4 Å². The number of benzene rings is 2. The van der Waals surface area contributed by atoms with Crippen molar-refractivity contribution in [3.63, 3.8) is 0 Å². The highest BCUT2D eigenvalue weighted by Crippen LogP contribution is 2.32. The van der Waals surface area contributed by atoms with Crippen LogP contribution in [0.3, 0.4) is 0 Å². The molecule has 2 aromatic carbocycles. The predicted octanol–water partition coefficient (Wildman–Crippen LogP) is 4.18. The van der Waals surface area contributed by atoms with Gasteiger partial charge in [0, 0.05) is 29.4 Å². The minimum absolute atomic E-state index is 0. The van der Waals surface area contributed by atoms with Crippen LogP contribution in [0.1, 0.15) is 30.4 Å². The van der Waals surface area contributed by atoms with Crippen LogP contribution in [-0.4, -0.2) is 24.9 Å². The van der Waals surface area contributed by atoms with Gasteiger partial charge in [-0.25, -0.2) is 0 Å². The van der Waals surface area contributed by atoms with Crippen LogP contribution < -0.4 is 15.5 Å². The third-order valence-corrected chi connectivity index (χ3v) is 5.72. The zero-order valence-corrected chi connectivity index (χ0v) is 17.7. The van der Waals surface area contributed by atoms with E-state index in [-0.39, 0.29) is 30.1 Å². The van der Waals surface area contributed by atoms with Crippen LogP contribution in [0, 0.1) is 5.92 Å². The van der Waals surface area contributed by atoms with Crippen molar-refractivity contribution < 1.29 is 9.59 Å². The molecule has 0 radical (unpaired) electrons. The highest BCUT2D eigenvalue weighted by Gasteiger charge is 2.25. The zero-order valence-electron chi connectivity index (χ0n) is 16.1. The lowest BCUT2D eigenvalue weighted by Gasteiger charge is -2.30. The fraction of sp³-hybridized carbons (Fsp3) is 0.364. The molecule has 1 atom stereocenters. The van der Waals surface area contributed by atoms with Crippen molar-refractivity contribution in [1.82, 2.24) is 5.32 Å². The molecule has 2 amide bonds. The summed E-state index contributed by atoms with van der Waals surface area (Å²) in [5.41, 5.74) is 3.85. The number of rotatable bonds is 4. The van der Waals surface area contributed by atoms with Crippen LogP contribution in [0.4, 0.5) is 11.4 Å². The fourth-order valence-corrected chi connectivity index (χ4v) is 4.03. The zero-order chi connectivity index (χ0) is 19.5. The molecule has 2 aromatic rings.